The lowest BCUT2D eigenvalue weighted by Crippen LogP contribution is -2.41. The fourth-order valence-electron chi connectivity index (χ4n) is 3.96. The molecule has 0 spiro atoms. The summed E-state index contributed by atoms with van der Waals surface area (Å²) in [6, 6.07) is 21.9. The van der Waals surface area contributed by atoms with Gasteiger partial charge in [-0.05, 0) is 30.7 Å². The standard InChI is InChI=1S/C21H18NO/c1-2-9-20-15(6-1)14-16-11-12-18-17(7-5-10-21(18)23-20)19-8-3-4-13-22(16)19/h1-10,13,16H,11-12,14H2/q+1. The fraction of sp³-hybridized carbons (Fsp3) is 0.190. The SMILES string of the molecule is c1ccc2c(c1)CC1CCc3c(cccc3-c3cccc[n+]31)O2. The molecule has 0 saturated carbocycles. The number of aromatic nitrogens is 1. The van der Waals surface area contributed by atoms with E-state index in [2.05, 4.69) is 71.4 Å². The van der Waals surface area contributed by atoms with E-state index in [4.69, 9.17) is 4.74 Å². The van der Waals surface area contributed by atoms with E-state index in [1.165, 1.54) is 22.4 Å². The van der Waals surface area contributed by atoms with Crippen LogP contribution in [0.4, 0.5) is 0 Å². The number of benzene rings is 2. The van der Waals surface area contributed by atoms with Crippen LogP contribution in [-0.2, 0) is 12.8 Å². The molecule has 2 aliphatic heterocycles. The summed E-state index contributed by atoms with van der Waals surface area (Å²) in [4.78, 5) is 0. The zero-order chi connectivity index (χ0) is 15.2. The third-order valence-electron chi connectivity index (χ3n) is 5.07. The van der Waals surface area contributed by atoms with Crippen LogP contribution in [0.25, 0.3) is 11.3 Å². The van der Waals surface area contributed by atoms with E-state index in [0.29, 0.717) is 6.04 Å². The largest absolute Gasteiger partial charge is 0.457 e. The van der Waals surface area contributed by atoms with Crippen molar-refractivity contribution in [2.45, 2.75) is 25.3 Å². The molecule has 2 aromatic carbocycles. The average Bonchev–Trinajstić information content (AvgIpc) is 2.69. The van der Waals surface area contributed by atoms with Gasteiger partial charge in [-0.2, -0.15) is 4.57 Å². The van der Waals surface area contributed by atoms with E-state index >= 15 is 0 Å². The third kappa shape index (κ3) is 1.98. The lowest BCUT2D eigenvalue weighted by atomic mass is 9.98. The zero-order valence-electron chi connectivity index (χ0n) is 12.9. The van der Waals surface area contributed by atoms with Crippen molar-refractivity contribution in [1.82, 2.24) is 0 Å². The van der Waals surface area contributed by atoms with Gasteiger partial charge in [-0.15, -0.1) is 0 Å². The molecule has 2 bridgehead atoms. The van der Waals surface area contributed by atoms with Crippen molar-refractivity contribution in [3.05, 3.63) is 78.0 Å². The highest BCUT2D eigenvalue weighted by Crippen LogP contribution is 2.40. The number of para-hydroxylation sites is 1. The number of ether oxygens (including phenoxy) is 1. The highest BCUT2D eigenvalue weighted by atomic mass is 16.5. The predicted molar refractivity (Wildman–Crippen MR) is 89.7 cm³/mol. The van der Waals surface area contributed by atoms with E-state index < -0.39 is 0 Å². The summed E-state index contributed by atoms with van der Waals surface area (Å²) >= 11 is 0. The second kappa shape index (κ2) is 4.95. The molecule has 3 heterocycles. The molecule has 0 saturated heterocycles. The Labute approximate surface area is 136 Å². The molecule has 2 heteroatoms. The van der Waals surface area contributed by atoms with Crippen LogP contribution in [0.15, 0.2) is 66.9 Å². The highest BCUT2D eigenvalue weighted by molar-refractivity contribution is 5.66. The molecule has 0 amide bonds. The molecule has 5 rings (SSSR count). The van der Waals surface area contributed by atoms with Crippen molar-refractivity contribution in [1.29, 1.82) is 0 Å². The molecule has 0 fully saturated rings. The molecule has 23 heavy (non-hydrogen) atoms. The van der Waals surface area contributed by atoms with Crippen molar-refractivity contribution >= 4 is 0 Å². The minimum atomic E-state index is 0.467. The first-order valence-corrected chi connectivity index (χ1v) is 8.28. The van der Waals surface area contributed by atoms with Crippen LogP contribution in [0.3, 0.4) is 0 Å². The number of hydrogen-bond acceptors (Lipinski definition) is 1. The van der Waals surface area contributed by atoms with Gasteiger partial charge >= 0.3 is 0 Å². The Hall–Kier alpha value is -2.61. The van der Waals surface area contributed by atoms with Gasteiger partial charge < -0.3 is 4.74 Å². The molecule has 0 N–H and O–H groups in total. The Kier molecular flexibility index (Phi) is 2.77. The molecule has 0 radical (unpaired) electrons. The molecule has 2 aliphatic rings. The topological polar surface area (TPSA) is 13.1 Å². The maximum Gasteiger partial charge on any atom is 0.213 e. The van der Waals surface area contributed by atoms with E-state index in [9.17, 15) is 0 Å². The van der Waals surface area contributed by atoms with Crippen molar-refractivity contribution in [3.63, 3.8) is 0 Å². The van der Waals surface area contributed by atoms with E-state index in [1.54, 1.807) is 0 Å². The average molecular weight is 300 g/mol. The van der Waals surface area contributed by atoms with Crippen molar-refractivity contribution < 1.29 is 9.30 Å². The van der Waals surface area contributed by atoms with Gasteiger partial charge in [0.2, 0.25) is 5.69 Å². The quantitative estimate of drug-likeness (QED) is 0.558. The number of hydrogen-bond donors (Lipinski definition) is 0. The molecule has 1 atom stereocenters. The summed E-state index contributed by atoms with van der Waals surface area (Å²) in [5.74, 6) is 2.01. The van der Waals surface area contributed by atoms with Gasteiger partial charge in [0.25, 0.3) is 0 Å². The van der Waals surface area contributed by atoms with Gasteiger partial charge in [0.1, 0.15) is 11.5 Å². The Morgan fingerprint density at radius 3 is 2.74 bits per heavy atom. The Morgan fingerprint density at radius 2 is 1.74 bits per heavy atom. The zero-order valence-corrected chi connectivity index (χ0v) is 12.9. The minimum absolute atomic E-state index is 0.467. The summed E-state index contributed by atoms with van der Waals surface area (Å²) in [5.41, 5.74) is 5.24. The normalized spacial score (nSPS) is 17.8. The highest BCUT2D eigenvalue weighted by Gasteiger charge is 2.32. The summed E-state index contributed by atoms with van der Waals surface area (Å²) < 4.78 is 8.79. The van der Waals surface area contributed by atoms with Crippen LogP contribution in [0.5, 0.6) is 11.5 Å². The van der Waals surface area contributed by atoms with Crippen molar-refractivity contribution in [3.8, 4) is 22.8 Å². The predicted octanol–water partition coefficient (Wildman–Crippen LogP) is 4.48. The lowest BCUT2D eigenvalue weighted by molar-refractivity contribution is -0.712. The summed E-state index contributed by atoms with van der Waals surface area (Å²) in [6.45, 7) is 0. The van der Waals surface area contributed by atoms with E-state index in [-0.39, 0.29) is 0 Å². The first kappa shape index (κ1) is 12.9. The van der Waals surface area contributed by atoms with Gasteiger partial charge in [-0.1, -0.05) is 24.3 Å². The molecular weight excluding hydrogens is 282 g/mol. The number of rotatable bonds is 0. The van der Waals surface area contributed by atoms with Crippen LogP contribution >= 0.6 is 0 Å². The second-order valence-electron chi connectivity index (χ2n) is 6.38. The number of nitrogens with zero attached hydrogens (tertiary/aromatic N) is 1. The first-order valence-electron chi connectivity index (χ1n) is 8.28. The molecule has 1 aromatic heterocycles. The van der Waals surface area contributed by atoms with Gasteiger partial charge in [-0.3, -0.25) is 0 Å². The van der Waals surface area contributed by atoms with Crippen LogP contribution in [0.1, 0.15) is 23.6 Å². The van der Waals surface area contributed by atoms with Gasteiger partial charge in [-0.25, -0.2) is 0 Å². The Morgan fingerprint density at radius 1 is 0.870 bits per heavy atom. The fourth-order valence-corrected chi connectivity index (χ4v) is 3.96. The molecule has 2 nitrogen and oxygen atoms in total. The summed E-state index contributed by atoms with van der Waals surface area (Å²) in [6.07, 6.45) is 5.44. The first-order chi connectivity index (χ1) is 11.4. The summed E-state index contributed by atoms with van der Waals surface area (Å²) in [7, 11) is 0. The van der Waals surface area contributed by atoms with Gasteiger partial charge in [0, 0.05) is 36.1 Å². The van der Waals surface area contributed by atoms with Crippen LogP contribution in [0, 0.1) is 0 Å². The Balaban J connectivity index is 1.85. The second-order valence-corrected chi connectivity index (χ2v) is 6.38. The maximum atomic E-state index is 6.33. The molecular formula is C21H18NO+. The monoisotopic (exact) mass is 300 g/mol. The van der Waals surface area contributed by atoms with Crippen LogP contribution in [-0.4, -0.2) is 0 Å². The van der Waals surface area contributed by atoms with Crippen LogP contribution < -0.4 is 9.30 Å². The number of pyridine rings is 1. The lowest BCUT2D eigenvalue weighted by Gasteiger charge is -2.17. The van der Waals surface area contributed by atoms with Gasteiger partial charge in [0.15, 0.2) is 12.2 Å². The maximum absolute atomic E-state index is 6.33. The Bertz CT molecular complexity index is 900. The van der Waals surface area contributed by atoms with E-state index in [1.807, 2.05) is 0 Å². The molecule has 3 aromatic rings. The molecule has 1 unspecified atom stereocenters. The minimum Gasteiger partial charge on any atom is -0.457 e. The smallest absolute Gasteiger partial charge is 0.213 e. The van der Waals surface area contributed by atoms with Crippen molar-refractivity contribution in [2.24, 2.45) is 0 Å². The van der Waals surface area contributed by atoms with E-state index in [0.717, 1.165) is 30.8 Å². The summed E-state index contributed by atoms with van der Waals surface area (Å²) in [5, 5.41) is 0. The van der Waals surface area contributed by atoms with Crippen molar-refractivity contribution in [2.75, 3.05) is 0 Å². The van der Waals surface area contributed by atoms with Gasteiger partial charge in [0.05, 0.1) is 5.56 Å². The number of fused-ring (bicyclic) bond motifs is 6. The molecule has 0 aliphatic carbocycles. The third-order valence-corrected chi connectivity index (χ3v) is 5.07. The van der Waals surface area contributed by atoms with Crippen LogP contribution in [0.2, 0.25) is 0 Å². The molecule has 112 valence electrons.